The van der Waals surface area contributed by atoms with E-state index < -0.39 is 30.0 Å². The molecule has 0 amide bonds. The van der Waals surface area contributed by atoms with Crippen LogP contribution in [0.25, 0.3) is 0 Å². The molecule has 2 rings (SSSR count). The fourth-order valence-corrected chi connectivity index (χ4v) is 9.33. The van der Waals surface area contributed by atoms with Crippen LogP contribution in [-0.4, -0.2) is 5.51 Å². The van der Waals surface area contributed by atoms with Gasteiger partial charge in [-0.2, -0.15) is 0 Å². The molecule has 0 unspecified atom stereocenters. The quantitative estimate of drug-likeness (QED) is 0.670. The number of hydrogen-bond acceptors (Lipinski definition) is 2. The van der Waals surface area contributed by atoms with Gasteiger partial charge < -0.3 is 0 Å². The molecule has 0 saturated heterocycles. The summed E-state index contributed by atoms with van der Waals surface area (Å²) in [5, 5.41) is 0. The zero-order valence-electron chi connectivity index (χ0n) is 8.64. The zero-order chi connectivity index (χ0) is 12.0. The molecule has 0 aliphatic carbocycles. The maximum atomic E-state index is 12.4. The van der Waals surface area contributed by atoms with Gasteiger partial charge in [0.15, 0.2) is 0 Å². The van der Waals surface area contributed by atoms with Gasteiger partial charge in [-0.05, 0) is 0 Å². The van der Waals surface area contributed by atoms with E-state index in [1.807, 2.05) is 26.0 Å². The van der Waals surface area contributed by atoms with Gasteiger partial charge in [-0.3, -0.25) is 0 Å². The van der Waals surface area contributed by atoms with Crippen molar-refractivity contribution >= 4 is 27.8 Å². The minimum absolute atomic E-state index is 0.0438. The second-order valence-corrected chi connectivity index (χ2v) is 10.5. The summed E-state index contributed by atoms with van der Waals surface area (Å²) in [6, 6.07) is 7.21. The normalized spacial score (nSPS) is 20.9. The number of rotatable bonds is 1. The van der Waals surface area contributed by atoms with Crippen molar-refractivity contribution in [2.45, 2.75) is 25.0 Å². The van der Waals surface area contributed by atoms with Gasteiger partial charge in [0.1, 0.15) is 0 Å². The fraction of sp³-hybridized carbons (Fsp3) is 0.400. The van der Waals surface area contributed by atoms with Crippen LogP contribution in [0.4, 0.5) is 13.2 Å². The van der Waals surface area contributed by atoms with Crippen LogP contribution in [0.2, 0.25) is 0 Å². The summed E-state index contributed by atoms with van der Waals surface area (Å²) in [6.07, 6.45) is 0. The van der Waals surface area contributed by atoms with Gasteiger partial charge in [-0.15, -0.1) is 0 Å². The van der Waals surface area contributed by atoms with Gasteiger partial charge in [0.25, 0.3) is 0 Å². The minimum atomic E-state index is -4.21. The molecular weight excluding hydrogens is 352 g/mol. The maximum absolute atomic E-state index is 12.4. The van der Waals surface area contributed by atoms with Crippen LogP contribution in [-0.2, 0) is 8.67 Å². The molecule has 0 saturated carbocycles. The third-order valence-electron chi connectivity index (χ3n) is 2.11. The number of alkyl halides is 3. The Kier molecular flexibility index (Phi) is 3.17. The second kappa shape index (κ2) is 4.06. The summed E-state index contributed by atoms with van der Waals surface area (Å²) >= 11 is -2.63. The van der Waals surface area contributed by atoms with Crippen LogP contribution in [0.1, 0.15) is 19.4 Å². The van der Waals surface area contributed by atoms with Gasteiger partial charge in [-0.1, -0.05) is 0 Å². The van der Waals surface area contributed by atoms with Crippen molar-refractivity contribution in [2.75, 3.05) is 0 Å². The van der Waals surface area contributed by atoms with Crippen LogP contribution >= 0.6 is 27.8 Å². The number of fused-ring (bicyclic) bond motifs is 1. The molecule has 1 heterocycles. The Labute approximate surface area is 102 Å². The first-order valence-corrected chi connectivity index (χ1v) is 9.87. The number of halogens is 4. The molecule has 0 atom stereocenters. The first-order valence-electron chi connectivity index (χ1n) is 4.55. The van der Waals surface area contributed by atoms with Crippen molar-refractivity contribution in [3.8, 4) is 0 Å². The molecule has 1 aliphatic heterocycles. The molecule has 0 fully saturated rings. The first kappa shape index (κ1) is 12.5. The molecule has 0 bridgehead atoms. The van der Waals surface area contributed by atoms with Crippen LogP contribution in [0.15, 0.2) is 24.3 Å². The Bertz CT molecular complexity index is 403. The number of hydrogen-bond donors (Lipinski definition) is 0. The van der Waals surface area contributed by atoms with Gasteiger partial charge in [0.2, 0.25) is 0 Å². The van der Waals surface area contributed by atoms with E-state index in [0.29, 0.717) is 0 Å². The first-order chi connectivity index (χ1) is 7.30. The summed E-state index contributed by atoms with van der Waals surface area (Å²) < 4.78 is 43.5. The summed E-state index contributed by atoms with van der Waals surface area (Å²) in [7, 11) is 0.0438. The van der Waals surface area contributed by atoms with E-state index in [9.17, 15) is 13.2 Å². The molecule has 16 heavy (non-hydrogen) atoms. The Morgan fingerprint density at radius 2 is 1.88 bits per heavy atom. The molecule has 1 aromatic rings. The predicted octanol–water partition coefficient (Wildman–Crippen LogP) is 4.71. The molecule has 1 nitrogen and oxygen atoms in total. The van der Waals surface area contributed by atoms with Crippen molar-refractivity contribution in [1.82, 2.24) is 0 Å². The summed E-state index contributed by atoms with van der Waals surface area (Å²) in [6.45, 7) is 3.64. The van der Waals surface area contributed by atoms with Crippen LogP contribution in [0, 0.1) is 3.57 Å². The van der Waals surface area contributed by atoms with E-state index in [0.717, 1.165) is 9.13 Å². The molecule has 90 valence electrons. The Morgan fingerprint density at radius 1 is 1.25 bits per heavy atom. The molecule has 0 spiro atoms. The SMILES string of the molecule is CC1(C)OI(SC(F)(F)F)c2ccccc21. The molecule has 1 aliphatic rings. The van der Waals surface area contributed by atoms with Crippen molar-refractivity contribution in [3.63, 3.8) is 0 Å². The van der Waals surface area contributed by atoms with Gasteiger partial charge in [0, 0.05) is 0 Å². The van der Waals surface area contributed by atoms with E-state index in [1.165, 1.54) is 0 Å². The third-order valence-corrected chi connectivity index (χ3v) is 10.1. The Balaban J connectivity index is 2.34. The molecule has 6 heteroatoms. The van der Waals surface area contributed by atoms with E-state index >= 15 is 0 Å². The standard InChI is InChI=1S/C10H10F3IOS/c1-9(2)7-5-3-4-6-8(7)14(15-9)16-10(11,12)13/h3-6H,1-2H3. The van der Waals surface area contributed by atoms with Crippen molar-refractivity contribution in [1.29, 1.82) is 0 Å². The zero-order valence-corrected chi connectivity index (χ0v) is 11.6. The van der Waals surface area contributed by atoms with Gasteiger partial charge in [-0.25, -0.2) is 0 Å². The van der Waals surface area contributed by atoms with E-state index in [1.54, 1.807) is 12.1 Å². The monoisotopic (exact) mass is 362 g/mol. The predicted molar refractivity (Wildman–Crippen MR) is 66.9 cm³/mol. The third kappa shape index (κ3) is 2.48. The molecule has 1 aromatic carbocycles. The van der Waals surface area contributed by atoms with Crippen LogP contribution in [0.5, 0.6) is 0 Å². The summed E-state index contributed by atoms with van der Waals surface area (Å²) in [5.74, 6) is 0. The van der Waals surface area contributed by atoms with Crippen molar-refractivity contribution < 1.29 is 16.2 Å². The van der Waals surface area contributed by atoms with E-state index in [4.69, 9.17) is 3.07 Å². The second-order valence-electron chi connectivity index (χ2n) is 3.81. The summed E-state index contributed by atoms with van der Waals surface area (Å²) in [5.41, 5.74) is -3.89. The summed E-state index contributed by atoms with van der Waals surface area (Å²) in [4.78, 5) is 0. The van der Waals surface area contributed by atoms with Gasteiger partial charge >= 0.3 is 102 Å². The average Bonchev–Trinajstić information content (AvgIpc) is 2.37. The van der Waals surface area contributed by atoms with Gasteiger partial charge in [0.05, 0.1) is 0 Å². The molecule has 0 N–H and O–H groups in total. The Hall–Kier alpha value is 0.0500. The van der Waals surface area contributed by atoms with E-state index in [-0.39, 0.29) is 8.93 Å². The molecule has 0 aromatic heterocycles. The molecular formula is C10H10F3IOS. The fourth-order valence-electron chi connectivity index (χ4n) is 1.48. The number of benzene rings is 1. The van der Waals surface area contributed by atoms with Crippen molar-refractivity contribution in [3.05, 3.63) is 33.4 Å². The van der Waals surface area contributed by atoms with Crippen LogP contribution in [0.3, 0.4) is 0 Å². The topological polar surface area (TPSA) is 9.23 Å². The van der Waals surface area contributed by atoms with Crippen LogP contribution < -0.4 is 0 Å². The van der Waals surface area contributed by atoms with E-state index in [2.05, 4.69) is 0 Å². The van der Waals surface area contributed by atoms with Crippen molar-refractivity contribution in [2.24, 2.45) is 0 Å². The Morgan fingerprint density at radius 3 is 2.50 bits per heavy atom. The molecule has 0 radical (unpaired) electrons. The average molecular weight is 362 g/mol.